The van der Waals surface area contributed by atoms with Gasteiger partial charge in [-0.1, -0.05) is 29.8 Å². The Morgan fingerprint density at radius 3 is 2.88 bits per heavy atom. The van der Waals surface area contributed by atoms with Gasteiger partial charge in [-0.15, -0.1) is 0 Å². The Balaban J connectivity index is 1.66. The fraction of sp³-hybridized carbons (Fsp3) is 0.368. The van der Waals surface area contributed by atoms with E-state index in [0.29, 0.717) is 23.3 Å². The summed E-state index contributed by atoms with van der Waals surface area (Å²) in [6, 6.07) is 11.5. The molecule has 4 nitrogen and oxygen atoms in total. The van der Waals surface area contributed by atoms with Crippen LogP contribution in [0.3, 0.4) is 0 Å². The molecule has 0 bridgehead atoms. The maximum atomic E-state index is 12.7. The molecule has 1 aromatic carbocycles. The molecule has 1 unspecified atom stereocenters. The number of benzene rings is 1. The molecule has 0 spiro atoms. The predicted molar refractivity (Wildman–Crippen MR) is 103 cm³/mol. The Morgan fingerprint density at radius 1 is 1.32 bits per heavy atom. The highest BCUT2D eigenvalue weighted by molar-refractivity contribution is 7.99. The maximum absolute atomic E-state index is 12.7. The van der Waals surface area contributed by atoms with Gasteiger partial charge in [-0.25, -0.2) is 4.98 Å². The number of carbonyl (C=O) groups is 1. The molecule has 6 heteroatoms. The molecule has 1 aromatic heterocycles. The minimum atomic E-state index is 0.0240. The van der Waals surface area contributed by atoms with Gasteiger partial charge < -0.3 is 9.64 Å². The molecule has 3 rings (SSSR count). The van der Waals surface area contributed by atoms with Gasteiger partial charge in [-0.05, 0) is 31.0 Å². The highest BCUT2D eigenvalue weighted by Gasteiger charge is 2.24. The summed E-state index contributed by atoms with van der Waals surface area (Å²) in [6.07, 6.45) is 2.49. The topological polar surface area (TPSA) is 42.4 Å². The van der Waals surface area contributed by atoms with Crippen LogP contribution in [0.4, 0.5) is 0 Å². The van der Waals surface area contributed by atoms with E-state index in [-0.39, 0.29) is 5.91 Å². The number of ether oxygens (including phenoxy) is 1. The molecule has 1 atom stereocenters. The zero-order valence-corrected chi connectivity index (χ0v) is 15.7. The van der Waals surface area contributed by atoms with E-state index in [0.717, 1.165) is 35.8 Å². The Hall–Kier alpha value is -1.72. The third-order valence-corrected chi connectivity index (χ3v) is 5.81. The standard InChI is InChI=1S/C19H21ClN2O2S/c1-2-24-18-8-7-14(13-21-18)19(23)22-10-9-17(25-12-11-22)15-5-3-4-6-16(15)20/h3-8,13,17H,2,9-12H2,1H3. The van der Waals surface area contributed by atoms with E-state index in [1.165, 1.54) is 0 Å². The Morgan fingerprint density at radius 2 is 2.16 bits per heavy atom. The molecule has 1 saturated heterocycles. The lowest BCUT2D eigenvalue weighted by atomic mass is 10.1. The quantitative estimate of drug-likeness (QED) is 0.790. The van der Waals surface area contributed by atoms with Crippen LogP contribution in [0.15, 0.2) is 42.6 Å². The lowest BCUT2D eigenvalue weighted by molar-refractivity contribution is 0.0766. The van der Waals surface area contributed by atoms with E-state index in [4.69, 9.17) is 16.3 Å². The van der Waals surface area contributed by atoms with Crippen molar-refractivity contribution < 1.29 is 9.53 Å². The summed E-state index contributed by atoms with van der Waals surface area (Å²) in [5, 5.41) is 1.13. The van der Waals surface area contributed by atoms with E-state index in [9.17, 15) is 4.79 Å². The first-order valence-electron chi connectivity index (χ1n) is 8.43. The number of rotatable bonds is 4. The molecule has 1 aliphatic rings. The first-order chi connectivity index (χ1) is 12.2. The molecular formula is C19H21ClN2O2S. The summed E-state index contributed by atoms with van der Waals surface area (Å²) < 4.78 is 5.33. The fourth-order valence-electron chi connectivity index (χ4n) is 2.88. The van der Waals surface area contributed by atoms with Gasteiger partial charge in [0.1, 0.15) is 0 Å². The van der Waals surface area contributed by atoms with Crippen molar-refractivity contribution in [3.05, 3.63) is 58.7 Å². The largest absolute Gasteiger partial charge is 0.478 e. The number of halogens is 1. The van der Waals surface area contributed by atoms with Crippen molar-refractivity contribution in [1.82, 2.24) is 9.88 Å². The van der Waals surface area contributed by atoms with Gasteiger partial charge in [0.2, 0.25) is 5.88 Å². The van der Waals surface area contributed by atoms with Gasteiger partial charge in [0.25, 0.3) is 5.91 Å². The van der Waals surface area contributed by atoms with E-state index < -0.39 is 0 Å². The second-order valence-corrected chi connectivity index (χ2v) is 7.50. The normalized spacial score (nSPS) is 17.8. The van der Waals surface area contributed by atoms with Gasteiger partial charge in [-0.2, -0.15) is 11.8 Å². The van der Waals surface area contributed by atoms with E-state index in [2.05, 4.69) is 11.1 Å². The van der Waals surface area contributed by atoms with Crippen LogP contribution in [-0.2, 0) is 0 Å². The van der Waals surface area contributed by atoms with Gasteiger partial charge >= 0.3 is 0 Å². The monoisotopic (exact) mass is 376 g/mol. The number of hydrogen-bond acceptors (Lipinski definition) is 4. The number of aromatic nitrogens is 1. The predicted octanol–water partition coefficient (Wildman–Crippen LogP) is 4.45. The zero-order valence-electron chi connectivity index (χ0n) is 14.2. The number of nitrogens with zero attached hydrogens (tertiary/aromatic N) is 2. The van der Waals surface area contributed by atoms with Crippen molar-refractivity contribution >= 4 is 29.3 Å². The maximum Gasteiger partial charge on any atom is 0.255 e. The summed E-state index contributed by atoms with van der Waals surface area (Å²) >= 11 is 8.19. The van der Waals surface area contributed by atoms with Crippen molar-refractivity contribution in [3.8, 4) is 5.88 Å². The smallest absolute Gasteiger partial charge is 0.255 e. The number of pyridine rings is 1. The molecular weight excluding hydrogens is 356 g/mol. The van der Waals surface area contributed by atoms with E-state index in [1.807, 2.05) is 41.8 Å². The van der Waals surface area contributed by atoms with E-state index in [1.54, 1.807) is 18.3 Å². The van der Waals surface area contributed by atoms with Crippen molar-refractivity contribution in [2.45, 2.75) is 18.6 Å². The van der Waals surface area contributed by atoms with Crippen molar-refractivity contribution in [1.29, 1.82) is 0 Å². The number of thioether (sulfide) groups is 1. The van der Waals surface area contributed by atoms with Crippen LogP contribution in [0.1, 0.15) is 34.5 Å². The molecule has 0 saturated carbocycles. The third kappa shape index (κ3) is 4.47. The Bertz CT molecular complexity index is 724. The van der Waals surface area contributed by atoms with Crippen LogP contribution in [-0.4, -0.2) is 41.2 Å². The molecule has 0 radical (unpaired) electrons. The first kappa shape index (κ1) is 18.1. The highest BCUT2D eigenvalue weighted by atomic mass is 35.5. The number of carbonyl (C=O) groups excluding carboxylic acids is 1. The Labute approximate surface area is 157 Å². The van der Waals surface area contributed by atoms with Gasteiger partial charge in [0.05, 0.1) is 12.2 Å². The third-order valence-electron chi connectivity index (χ3n) is 4.16. The molecule has 132 valence electrons. The average Bonchev–Trinajstić information content (AvgIpc) is 2.88. The zero-order chi connectivity index (χ0) is 17.6. The number of hydrogen-bond donors (Lipinski definition) is 0. The fourth-order valence-corrected chi connectivity index (χ4v) is 4.48. The first-order valence-corrected chi connectivity index (χ1v) is 9.86. The van der Waals surface area contributed by atoms with Crippen molar-refractivity contribution in [2.24, 2.45) is 0 Å². The minimum Gasteiger partial charge on any atom is -0.478 e. The highest BCUT2D eigenvalue weighted by Crippen LogP contribution is 2.37. The summed E-state index contributed by atoms with van der Waals surface area (Å²) in [5.74, 6) is 1.46. The van der Waals surface area contributed by atoms with Crippen LogP contribution in [0.25, 0.3) is 0 Å². The molecule has 2 heterocycles. The molecule has 2 aromatic rings. The molecule has 0 aliphatic carbocycles. The lowest BCUT2D eigenvalue weighted by Gasteiger charge is -2.20. The number of amides is 1. The van der Waals surface area contributed by atoms with Crippen molar-refractivity contribution in [3.63, 3.8) is 0 Å². The van der Waals surface area contributed by atoms with Crippen LogP contribution < -0.4 is 4.74 Å². The summed E-state index contributed by atoms with van der Waals surface area (Å²) in [4.78, 5) is 18.8. The second-order valence-electron chi connectivity index (χ2n) is 5.78. The van der Waals surface area contributed by atoms with Crippen molar-refractivity contribution in [2.75, 3.05) is 25.4 Å². The Kier molecular flexibility index (Phi) is 6.21. The van der Waals surface area contributed by atoms with Crippen LogP contribution in [0.2, 0.25) is 5.02 Å². The second kappa shape index (κ2) is 8.59. The molecule has 1 amide bonds. The lowest BCUT2D eigenvalue weighted by Crippen LogP contribution is -2.33. The summed E-state index contributed by atoms with van der Waals surface area (Å²) in [5.41, 5.74) is 1.76. The SMILES string of the molecule is CCOc1ccc(C(=O)N2CCSC(c3ccccc3Cl)CC2)cn1. The molecule has 0 N–H and O–H groups in total. The minimum absolute atomic E-state index is 0.0240. The molecule has 1 fully saturated rings. The average molecular weight is 377 g/mol. The molecule has 1 aliphatic heterocycles. The van der Waals surface area contributed by atoms with Gasteiger partial charge in [0.15, 0.2) is 0 Å². The molecule has 25 heavy (non-hydrogen) atoms. The van der Waals surface area contributed by atoms with Gasteiger partial charge in [-0.3, -0.25) is 4.79 Å². The summed E-state index contributed by atoms with van der Waals surface area (Å²) in [6.45, 7) is 3.92. The summed E-state index contributed by atoms with van der Waals surface area (Å²) in [7, 11) is 0. The van der Waals surface area contributed by atoms with Gasteiger partial charge in [0, 0.05) is 41.4 Å². The van der Waals surface area contributed by atoms with Crippen LogP contribution in [0.5, 0.6) is 5.88 Å². The van der Waals surface area contributed by atoms with E-state index >= 15 is 0 Å². The van der Waals surface area contributed by atoms with Crippen LogP contribution >= 0.6 is 23.4 Å². The van der Waals surface area contributed by atoms with Crippen LogP contribution in [0, 0.1) is 0 Å².